The maximum absolute atomic E-state index is 9.90. The molecule has 0 amide bonds. The zero-order chi connectivity index (χ0) is 15.3. The van der Waals surface area contributed by atoms with Gasteiger partial charge in [-0.15, -0.1) is 0 Å². The van der Waals surface area contributed by atoms with E-state index in [1.807, 2.05) is 33.8 Å². The summed E-state index contributed by atoms with van der Waals surface area (Å²) in [7, 11) is -0.481. The number of hydrogen-bond acceptors (Lipinski definition) is 4. The third-order valence-electron chi connectivity index (χ3n) is 4.62. The van der Waals surface area contributed by atoms with Crippen molar-refractivity contribution >= 4 is 12.6 Å². The molecule has 0 bridgehead atoms. The molecule has 1 aliphatic carbocycles. The van der Waals surface area contributed by atoms with Crippen molar-refractivity contribution in [3.63, 3.8) is 0 Å². The summed E-state index contributed by atoms with van der Waals surface area (Å²) in [6.45, 7) is 8.77. The van der Waals surface area contributed by atoms with E-state index in [1.54, 1.807) is 12.1 Å². The van der Waals surface area contributed by atoms with Crippen molar-refractivity contribution in [3.05, 3.63) is 18.2 Å². The fraction of sp³-hybridized carbons (Fsp3) is 0.625. The molecule has 1 aliphatic heterocycles. The van der Waals surface area contributed by atoms with Crippen molar-refractivity contribution in [2.45, 2.75) is 51.7 Å². The van der Waals surface area contributed by atoms with E-state index in [-0.39, 0.29) is 5.75 Å². The SMILES string of the molecule is CC1(C)OB(c2cc(O)cc(OCC3CC3)c2)OC1(C)C. The molecule has 4 nitrogen and oxygen atoms in total. The van der Waals surface area contributed by atoms with Gasteiger partial charge in [0.05, 0.1) is 17.8 Å². The normalized spacial score (nSPS) is 23.3. The second-order valence-corrected chi connectivity index (χ2v) is 7.10. The minimum Gasteiger partial charge on any atom is -0.508 e. The lowest BCUT2D eigenvalue weighted by Gasteiger charge is -2.32. The third-order valence-corrected chi connectivity index (χ3v) is 4.62. The summed E-state index contributed by atoms with van der Waals surface area (Å²) < 4.78 is 17.8. The Balaban J connectivity index is 1.78. The summed E-state index contributed by atoms with van der Waals surface area (Å²) in [4.78, 5) is 0. The van der Waals surface area contributed by atoms with Crippen LogP contribution < -0.4 is 10.2 Å². The van der Waals surface area contributed by atoms with Crippen LogP contribution in [-0.2, 0) is 9.31 Å². The molecule has 2 aliphatic rings. The minimum atomic E-state index is -0.481. The molecule has 5 heteroatoms. The van der Waals surface area contributed by atoms with Crippen molar-refractivity contribution < 1.29 is 19.2 Å². The molecular weight excluding hydrogens is 267 g/mol. The summed E-state index contributed by atoms with van der Waals surface area (Å²) in [5, 5.41) is 9.90. The number of phenols is 1. The Morgan fingerprint density at radius 3 is 2.33 bits per heavy atom. The fourth-order valence-corrected chi connectivity index (χ4v) is 2.30. The van der Waals surface area contributed by atoms with Crippen LogP contribution in [0.2, 0.25) is 0 Å². The zero-order valence-corrected chi connectivity index (χ0v) is 13.2. The lowest BCUT2D eigenvalue weighted by Crippen LogP contribution is -2.41. The molecule has 0 aromatic heterocycles. The van der Waals surface area contributed by atoms with Crippen LogP contribution in [0.1, 0.15) is 40.5 Å². The maximum atomic E-state index is 9.90. The molecule has 3 rings (SSSR count). The van der Waals surface area contributed by atoms with Gasteiger partial charge in [-0.1, -0.05) is 0 Å². The number of ether oxygens (including phenoxy) is 1. The first-order chi connectivity index (χ1) is 9.77. The highest BCUT2D eigenvalue weighted by molar-refractivity contribution is 6.62. The molecule has 114 valence electrons. The van der Waals surface area contributed by atoms with E-state index in [2.05, 4.69) is 0 Å². The van der Waals surface area contributed by atoms with Crippen LogP contribution in [0.25, 0.3) is 0 Å². The van der Waals surface area contributed by atoms with Gasteiger partial charge in [0.15, 0.2) is 0 Å². The van der Waals surface area contributed by atoms with Crippen LogP contribution in [0.15, 0.2) is 18.2 Å². The molecule has 1 aromatic rings. The Labute approximate surface area is 126 Å². The fourth-order valence-electron chi connectivity index (χ4n) is 2.30. The molecular formula is C16H23BO4. The first kappa shape index (κ1) is 14.7. The van der Waals surface area contributed by atoms with Crippen LogP contribution in [0.3, 0.4) is 0 Å². The summed E-state index contributed by atoms with van der Waals surface area (Å²) in [6.07, 6.45) is 2.48. The van der Waals surface area contributed by atoms with Crippen molar-refractivity contribution in [2.75, 3.05) is 6.61 Å². The van der Waals surface area contributed by atoms with Gasteiger partial charge in [-0.3, -0.25) is 0 Å². The number of phenolic OH excluding ortho intramolecular Hbond substituents is 1. The topological polar surface area (TPSA) is 47.9 Å². The molecule has 1 aromatic carbocycles. The molecule has 1 heterocycles. The lowest BCUT2D eigenvalue weighted by atomic mass is 9.79. The van der Waals surface area contributed by atoms with E-state index < -0.39 is 18.3 Å². The number of benzene rings is 1. The van der Waals surface area contributed by atoms with Gasteiger partial charge >= 0.3 is 7.12 Å². The quantitative estimate of drug-likeness (QED) is 0.865. The van der Waals surface area contributed by atoms with Gasteiger partial charge < -0.3 is 19.2 Å². The highest BCUT2D eigenvalue weighted by atomic mass is 16.7. The average molecular weight is 290 g/mol. The zero-order valence-electron chi connectivity index (χ0n) is 13.2. The molecule has 0 radical (unpaired) electrons. The van der Waals surface area contributed by atoms with Crippen LogP contribution in [0.5, 0.6) is 11.5 Å². The predicted molar refractivity (Wildman–Crippen MR) is 82.0 cm³/mol. The Morgan fingerprint density at radius 2 is 1.76 bits per heavy atom. The number of aromatic hydroxyl groups is 1. The van der Waals surface area contributed by atoms with E-state index >= 15 is 0 Å². The first-order valence-electron chi connectivity index (χ1n) is 7.59. The van der Waals surface area contributed by atoms with Gasteiger partial charge in [0.1, 0.15) is 11.5 Å². The van der Waals surface area contributed by atoms with E-state index in [0.717, 1.165) is 5.46 Å². The number of hydrogen-bond donors (Lipinski definition) is 1. The molecule has 0 spiro atoms. The van der Waals surface area contributed by atoms with Crippen molar-refractivity contribution in [3.8, 4) is 11.5 Å². The van der Waals surface area contributed by atoms with Crippen LogP contribution in [0, 0.1) is 5.92 Å². The summed E-state index contributed by atoms with van der Waals surface area (Å²) in [6, 6.07) is 5.20. The summed E-state index contributed by atoms with van der Waals surface area (Å²) in [5.41, 5.74) is 0.00973. The third kappa shape index (κ3) is 3.04. The van der Waals surface area contributed by atoms with Gasteiger partial charge in [0, 0.05) is 6.07 Å². The van der Waals surface area contributed by atoms with E-state index in [1.165, 1.54) is 12.8 Å². The first-order valence-corrected chi connectivity index (χ1v) is 7.59. The predicted octanol–water partition coefficient (Wildman–Crippen LogP) is 2.48. The van der Waals surface area contributed by atoms with Gasteiger partial charge in [0.2, 0.25) is 0 Å². The molecule has 1 saturated carbocycles. The summed E-state index contributed by atoms with van der Waals surface area (Å²) in [5.74, 6) is 1.52. The minimum absolute atomic E-state index is 0.174. The summed E-state index contributed by atoms with van der Waals surface area (Å²) >= 11 is 0. The van der Waals surface area contributed by atoms with Gasteiger partial charge in [-0.2, -0.15) is 0 Å². The lowest BCUT2D eigenvalue weighted by molar-refractivity contribution is 0.00578. The van der Waals surface area contributed by atoms with Crippen molar-refractivity contribution in [2.24, 2.45) is 5.92 Å². The molecule has 1 N–H and O–H groups in total. The van der Waals surface area contributed by atoms with Gasteiger partial charge in [0.25, 0.3) is 0 Å². The smallest absolute Gasteiger partial charge is 0.495 e. The molecule has 2 fully saturated rings. The number of rotatable bonds is 4. The Bertz CT molecular complexity index is 521. The van der Waals surface area contributed by atoms with Crippen LogP contribution >= 0.6 is 0 Å². The maximum Gasteiger partial charge on any atom is 0.495 e. The Hall–Kier alpha value is -1.20. The monoisotopic (exact) mass is 290 g/mol. The largest absolute Gasteiger partial charge is 0.508 e. The second kappa shape index (κ2) is 4.92. The Kier molecular flexibility index (Phi) is 3.45. The standard InChI is InChI=1S/C16H23BO4/c1-15(2)16(3,4)21-17(20-15)12-7-13(18)9-14(8-12)19-10-11-5-6-11/h7-9,11,18H,5-6,10H2,1-4H3. The highest BCUT2D eigenvalue weighted by Crippen LogP contribution is 2.37. The van der Waals surface area contributed by atoms with Crippen molar-refractivity contribution in [1.29, 1.82) is 0 Å². The second-order valence-electron chi connectivity index (χ2n) is 7.10. The highest BCUT2D eigenvalue weighted by Gasteiger charge is 2.51. The van der Waals surface area contributed by atoms with Gasteiger partial charge in [-0.05, 0) is 64.1 Å². The van der Waals surface area contributed by atoms with E-state index in [4.69, 9.17) is 14.0 Å². The van der Waals surface area contributed by atoms with Crippen molar-refractivity contribution in [1.82, 2.24) is 0 Å². The molecule has 1 saturated heterocycles. The average Bonchev–Trinajstić information content (AvgIpc) is 3.14. The molecule has 0 atom stereocenters. The van der Waals surface area contributed by atoms with E-state index in [0.29, 0.717) is 18.3 Å². The van der Waals surface area contributed by atoms with E-state index in [9.17, 15) is 5.11 Å². The van der Waals surface area contributed by atoms with Crippen LogP contribution in [0.4, 0.5) is 0 Å². The molecule has 21 heavy (non-hydrogen) atoms. The van der Waals surface area contributed by atoms with Crippen LogP contribution in [-0.4, -0.2) is 30.0 Å². The van der Waals surface area contributed by atoms with Gasteiger partial charge in [-0.25, -0.2) is 0 Å². The molecule has 0 unspecified atom stereocenters. The Morgan fingerprint density at radius 1 is 1.14 bits per heavy atom.